The minimum Gasteiger partial charge on any atom is -0.496 e. The van der Waals surface area contributed by atoms with Gasteiger partial charge in [0, 0.05) is 17.7 Å². The van der Waals surface area contributed by atoms with Crippen molar-refractivity contribution in [3.8, 4) is 11.5 Å². The van der Waals surface area contributed by atoms with Gasteiger partial charge in [0.05, 0.1) is 7.11 Å². The third-order valence-corrected chi connectivity index (χ3v) is 3.08. The summed E-state index contributed by atoms with van der Waals surface area (Å²) in [4.78, 5) is 0. The van der Waals surface area contributed by atoms with Gasteiger partial charge in [-0.1, -0.05) is 18.2 Å². The van der Waals surface area contributed by atoms with E-state index in [-0.39, 0.29) is 11.9 Å². The van der Waals surface area contributed by atoms with Crippen LogP contribution in [0.2, 0.25) is 0 Å². The zero-order valence-corrected chi connectivity index (χ0v) is 12.3. The van der Waals surface area contributed by atoms with E-state index >= 15 is 0 Å². The molecule has 1 unspecified atom stereocenters. The van der Waals surface area contributed by atoms with E-state index in [1.807, 2.05) is 37.3 Å². The lowest BCUT2D eigenvalue weighted by molar-refractivity contribution is 0.295. The predicted molar refractivity (Wildman–Crippen MR) is 81.1 cm³/mol. The molecule has 0 bridgehead atoms. The Hall–Kier alpha value is -2.07. The standard InChI is InChI=1S/C17H20FNO2/c1-12(19)7-13-8-15(18)10-16(9-13)21-11-14-5-3-4-6-17(14)20-2/h3-6,8-10,12H,7,11,19H2,1-2H3. The molecule has 2 N–H and O–H groups in total. The summed E-state index contributed by atoms with van der Waals surface area (Å²) in [5.74, 6) is 0.935. The third-order valence-electron chi connectivity index (χ3n) is 3.08. The van der Waals surface area contributed by atoms with Gasteiger partial charge in [0.15, 0.2) is 0 Å². The van der Waals surface area contributed by atoms with E-state index < -0.39 is 0 Å². The monoisotopic (exact) mass is 289 g/mol. The number of nitrogens with two attached hydrogens (primary N) is 1. The van der Waals surface area contributed by atoms with Gasteiger partial charge in [-0.3, -0.25) is 0 Å². The van der Waals surface area contributed by atoms with Crippen molar-refractivity contribution in [1.82, 2.24) is 0 Å². The molecule has 0 saturated carbocycles. The van der Waals surface area contributed by atoms with Gasteiger partial charge in [-0.2, -0.15) is 0 Å². The first-order valence-corrected chi connectivity index (χ1v) is 6.88. The molecule has 0 aliphatic carbocycles. The molecule has 0 fully saturated rings. The molecular formula is C17H20FNO2. The molecule has 4 heteroatoms. The third kappa shape index (κ3) is 4.46. The van der Waals surface area contributed by atoms with Gasteiger partial charge in [0.2, 0.25) is 0 Å². The minimum absolute atomic E-state index is 0.0196. The van der Waals surface area contributed by atoms with Crippen LogP contribution in [0.4, 0.5) is 4.39 Å². The largest absolute Gasteiger partial charge is 0.496 e. The number of benzene rings is 2. The van der Waals surface area contributed by atoms with Gasteiger partial charge in [-0.15, -0.1) is 0 Å². The number of para-hydroxylation sites is 1. The summed E-state index contributed by atoms with van der Waals surface area (Å²) in [5, 5.41) is 0. The molecule has 0 spiro atoms. The number of rotatable bonds is 6. The fraction of sp³-hybridized carbons (Fsp3) is 0.294. The molecule has 2 rings (SSSR count). The van der Waals surface area contributed by atoms with Gasteiger partial charge in [-0.05, 0) is 37.1 Å². The normalized spacial score (nSPS) is 12.0. The van der Waals surface area contributed by atoms with Crippen molar-refractivity contribution in [3.05, 3.63) is 59.4 Å². The summed E-state index contributed by atoms with van der Waals surface area (Å²) in [6.45, 7) is 2.21. The topological polar surface area (TPSA) is 44.5 Å². The van der Waals surface area contributed by atoms with E-state index in [9.17, 15) is 4.39 Å². The van der Waals surface area contributed by atoms with Crippen LogP contribution in [0.25, 0.3) is 0 Å². The zero-order valence-electron chi connectivity index (χ0n) is 12.3. The molecule has 0 saturated heterocycles. The minimum atomic E-state index is -0.317. The maximum Gasteiger partial charge on any atom is 0.127 e. The Morgan fingerprint density at radius 2 is 1.95 bits per heavy atom. The lowest BCUT2D eigenvalue weighted by Gasteiger charge is -2.12. The van der Waals surface area contributed by atoms with Crippen LogP contribution in [0, 0.1) is 5.82 Å². The number of halogens is 1. The Morgan fingerprint density at radius 3 is 2.67 bits per heavy atom. The van der Waals surface area contributed by atoms with Crippen molar-refractivity contribution in [2.75, 3.05) is 7.11 Å². The first-order valence-electron chi connectivity index (χ1n) is 6.88. The van der Waals surface area contributed by atoms with Crippen LogP contribution in [0.5, 0.6) is 11.5 Å². The quantitative estimate of drug-likeness (QED) is 0.887. The van der Waals surface area contributed by atoms with Crippen LogP contribution in [0.3, 0.4) is 0 Å². The van der Waals surface area contributed by atoms with Crippen molar-refractivity contribution in [3.63, 3.8) is 0 Å². The van der Waals surface area contributed by atoms with Crippen molar-refractivity contribution in [1.29, 1.82) is 0 Å². The van der Waals surface area contributed by atoms with E-state index in [0.717, 1.165) is 16.9 Å². The van der Waals surface area contributed by atoms with E-state index in [1.54, 1.807) is 7.11 Å². The SMILES string of the molecule is COc1ccccc1COc1cc(F)cc(CC(C)N)c1. The highest BCUT2D eigenvalue weighted by Crippen LogP contribution is 2.22. The van der Waals surface area contributed by atoms with Crippen LogP contribution >= 0.6 is 0 Å². The number of hydrogen-bond donors (Lipinski definition) is 1. The average molecular weight is 289 g/mol. The molecule has 0 amide bonds. The van der Waals surface area contributed by atoms with Gasteiger partial charge in [0.1, 0.15) is 23.9 Å². The Bertz CT molecular complexity index is 599. The Balaban J connectivity index is 2.10. The fourth-order valence-corrected chi connectivity index (χ4v) is 2.18. The molecule has 0 aromatic heterocycles. The van der Waals surface area contributed by atoms with E-state index in [2.05, 4.69) is 0 Å². The zero-order chi connectivity index (χ0) is 15.2. The van der Waals surface area contributed by atoms with Crippen LogP contribution in [-0.2, 0) is 13.0 Å². The van der Waals surface area contributed by atoms with Crippen LogP contribution in [-0.4, -0.2) is 13.2 Å². The predicted octanol–water partition coefficient (Wildman–Crippen LogP) is 3.30. The molecule has 0 heterocycles. The maximum absolute atomic E-state index is 13.6. The Kier molecular flexibility index (Phi) is 5.17. The van der Waals surface area contributed by atoms with Crippen molar-refractivity contribution >= 4 is 0 Å². The Morgan fingerprint density at radius 1 is 1.19 bits per heavy atom. The first kappa shape index (κ1) is 15.3. The molecule has 1 atom stereocenters. The molecular weight excluding hydrogens is 269 g/mol. The molecule has 3 nitrogen and oxygen atoms in total. The van der Waals surface area contributed by atoms with Gasteiger partial charge in [0.25, 0.3) is 0 Å². The van der Waals surface area contributed by atoms with Gasteiger partial charge >= 0.3 is 0 Å². The summed E-state index contributed by atoms with van der Waals surface area (Å²) in [5.41, 5.74) is 7.50. The fourth-order valence-electron chi connectivity index (χ4n) is 2.18. The lowest BCUT2D eigenvalue weighted by Crippen LogP contribution is -2.17. The smallest absolute Gasteiger partial charge is 0.127 e. The molecule has 0 aliphatic rings. The number of hydrogen-bond acceptors (Lipinski definition) is 3. The van der Waals surface area contributed by atoms with Gasteiger partial charge < -0.3 is 15.2 Å². The summed E-state index contributed by atoms with van der Waals surface area (Å²) in [6.07, 6.45) is 0.614. The van der Waals surface area contributed by atoms with Crippen LogP contribution < -0.4 is 15.2 Å². The molecule has 2 aromatic carbocycles. The summed E-state index contributed by atoms with van der Waals surface area (Å²) in [7, 11) is 1.61. The van der Waals surface area contributed by atoms with Crippen LogP contribution in [0.1, 0.15) is 18.1 Å². The highest BCUT2D eigenvalue weighted by molar-refractivity contribution is 5.34. The number of methoxy groups -OCH3 is 1. The summed E-state index contributed by atoms with van der Waals surface area (Å²) in [6, 6.07) is 12.3. The lowest BCUT2D eigenvalue weighted by atomic mass is 10.1. The van der Waals surface area contributed by atoms with Crippen molar-refractivity contribution < 1.29 is 13.9 Å². The molecule has 2 aromatic rings. The van der Waals surface area contributed by atoms with E-state index in [0.29, 0.717) is 18.8 Å². The summed E-state index contributed by atoms with van der Waals surface area (Å²) < 4.78 is 24.5. The second-order valence-corrected chi connectivity index (χ2v) is 5.08. The van der Waals surface area contributed by atoms with Crippen LogP contribution in [0.15, 0.2) is 42.5 Å². The number of ether oxygens (including phenoxy) is 2. The molecule has 112 valence electrons. The maximum atomic E-state index is 13.6. The Labute approximate surface area is 124 Å². The van der Waals surface area contributed by atoms with E-state index in [4.69, 9.17) is 15.2 Å². The summed E-state index contributed by atoms with van der Waals surface area (Å²) >= 11 is 0. The second kappa shape index (κ2) is 7.09. The second-order valence-electron chi connectivity index (χ2n) is 5.08. The van der Waals surface area contributed by atoms with Gasteiger partial charge in [-0.25, -0.2) is 4.39 Å². The van der Waals surface area contributed by atoms with Crippen molar-refractivity contribution in [2.45, 2.75) is 26.0 Å². The van der Waals surface area contributed by atoms with Crippen molar-refractivity contribution in [2.24, 2.45) is 5.73 Å². The van der Waals surface area contributed by atoms with E-state index in [1.165, 1.54) is 12.1 Å². The molecule has 0 aliphatic heterocycles. The average Bonchev–Trinajstić information content (AvgIpc) is 2.44. The first-order chi connectivity index (χ1) is 10.1. The highest BCUT2D eigenvalue weighted by Gasteiger charge is 2.06. The highest BCUT2D eigenvalue weighted by atomic mass is 19.1. The molecule has 0 radical (unpaired) electrons. The molecule has 21 heavy (non-hydrogen) atoms.